The van der Waals surface area contributed by atoms with Crippen LogP contribution in [0, 0.1) is 0 Å². The first kappa shape index (κ1) is 9.50. The average molecular weight is 175 g/mol. The lowest BCUT2D eigenvalue weighted by Gasteiger charge is -2.11. The zero-order valence-electron chi connectivity index (χ0n) is 5.33. The molecule has 0 spiro atoms. The highest BCUT2D eigenvalue weighted by Crippen LogP contribution is 2.37. The maximum Gasteiger partial charge on any atom is 0.371 e. The Hall–Kier alpha value is 0.500. The van der Waals surface area contributed by atoms with Gasteiger partial charge in [-0.1, -0.05) is 25.6 Å². The van der Waals surface area contributed by atoms with Crippen molar-refractivity contribution in [3.63, 3.8) is 0 Å². The first-order valence-corrected chi connectivity index (χ1v) is 3.96. The highest BCUT2D eigenvalue weighted by atomic mass is 35.5. The molecular formula is C5H9ClF2S. The summed E-state index contributed by atoms with van der Waals surface area (Å²) in [5, 5.41) is -0.0718. The van der Waals surface area contributed by atoms with Crippen LogP contribution in [0.25, 0.3) is 0 Å². The average Bonchev–Trinajstić information content (AvgIpc) is 1.62. The third-order valence-corrected chi connectivity index (χ3v) is 2.18. The summed E-state index contributed by atoms with van der Waals surface area (Å²) in [5.41, 5.74) is 0. The van der Waals surface area contributed by atoms with E-state index in [2.05, 4.69) is 11.6 Å². The van der Waals surface area contributed by atoms with Gasteiger partial charge in [-0.05, 0) is 18.0 Å². The van der Waals surface area contributed by atoms with Gasteiger partial charge in [0, 0.05) is 5.25 Å². The Labute approximate surface area is 63.0 Å². The maximum atomic E-state index is 11.9. The minimum Gasteiger partial charge on any atom is -0.177 e. The van der Waals surface area contributed by atoms with Crippen molar-refractivity contribution in [1.82, 2.24) is 0 Å². The van der Waals surface area contributed by atoms with E-state index in [4.69, 9.17) is 0 Å². The second-order valence-electron chi connectivity index (χ2n) is 1.78. The second-order valence-corrected chi connectivity index (χ2v) is 4.03. The van der Waals surface area contributed by atoms with Gasteiger partial charge in [-0.15, -0.1) is 0 Å². The number of hydrogen-bond acceptors (Lipinski definition) is 1. The van der Waals surface area contributed by atoms with Crippen LogP contribution in [0.5, 0.6) is 0 Å². The molecule has 4 heteroatoms. The fourth-order valence-corrected chi connectivity index (χ4v) is 1.39. The summed E-state index contributed by atoms with van der Waals surface area (Å²) in [4.78, 5) is 0. The van der Waals surface area contributed by atoms with Crippen LogP contribution in [-0.2, 0) is 0 Å². The van der Waals surface area contributed by atoms with Crippen LogP contribution >= 0.6 is 23.4 Å². The Kier molecular flexibility index (Phi) is 3.82. The molecule has 0 aliphatic carbocycles. The maximum absolute atomic E-state index is 11.9. The number of halogens is 3. The molecule has 0 heterocycles. The van der Waals surface area contributed by atoms with Crippen molar-refractivity contribution in [3.05, 3.63) is 0 Å². The van der Waals surface area contributed by atoms with Gasteiger partial charge in [0.15, 0.2) is 0 Å². The zero-order valence-corrected chi connectivity index (χ0v) is 6.90. The van der Waals surface area contributed by atoms with Crippen LogP contribution in [-0.4, -0.2) is 9.96 Å². The van der Waals surface area contributed by atoms with Gasteiger partial charge >= 0.3 is 4.71 Å². The van der Waals surface area contributed by atoms with Crippen LogP contribution < -0.4 is 0 Å². The van der Waals surface area contributed by atoms with Crippen molar-refractivity contribution in [3.8, 4) is 0 Å². The molecule has 0 fully saturated rings. The molecule has 0 aromatic carbocycles. The lowest BCUT2D eigenvalue weighted by atomic mass is 10.4. The molecule has 0 saturated carbocycles. The number of rotatable bonds is 3. The van der Waals surface area contributed by atoms with Gasteiger partial charge in [0.2, 0.25) is 0 Å². The molecule has 0 radical (unpaired) electrons. The molecule has 0 aromatic rings. The van der Waals surface area contributed by atoms with Gasteiger partial charge in [-0.3, -0.25) is 0 Å². The smallest absolute Gasteiger partial charge is 0.177 e. The standard InChI is InChI=1S/C5H9ClF2S/c1-3-4(2)9-5(6,7)8/h4H,3H2,1-2H3. The predicted octanol–water partition coefficient (Wildman–Crippen LogP) is 3.31. The Balaban J connectivity index is 3.47. The van der Waals surface area contributed by atoms with Gasteiger partial charge in [0.25, 0.3) is 0 Å². The Morgan fingerprint density at radius 2 is 2.11 bits per heavy atom. The molecule has 0 rings (SSSR count). The molecule has 0 bridgehead atoms. The van der Waals surface area contributed by atoms with Crippen LogP contribution in [0.2, 0.25) is 0 Å². The van der Waals surface area contributed by atoms with Gasteiger partial charge in [-0.2, -0.15) is 8.78 Å². The van der Waals surface area contributed by atoms with Crippen LogP contribution in [0.4, 0.5) is 8.78 Å². The van der Waals surface area contributed by atoms with Crippen molar-refractivity contribution in [2.75, 3.05) is 0 Å². The van der Waals surface area contributed by atoms with Gasteiger partial charge in [0.05, 0.1) is 0 Å². The Bertz CT molecular complexity index is 81.5. The van der Waals surface area contributed by atoms with E-state index in [1.54, 1.807) is 6.92 Å². The molecule has 0 aliphatic heterocycles. The predicted molar refractivity (Wildman–Crippen MR) is 38.1 cm³/mol. The largest absolute Gasteiger partial charge is 0.371 e. The molecule has 0 amide bonds. The molecule has 56 valence electrons. The summed E-state index contributed by atoms with van der Waals surface area (Å²) < 4.78 is 20.7. The Morgan fingerprint density at radius 1 is 1.67 bits per heavy atom. The summed E-state index contributed by atoms with van der Waals surface area (Å²) in [6, 6.07) is 0. The lowest BCUT2D eigenvalue weighted by molar-refractivity contribution is 0.202. The highest BCUT2D eigenvalue weighted by molar-refractivity contribution is 8.02. The quantitative estimate of drug-likeness (QED) is 0.592. The highest BCUT2D eigenvalue weighted by Gasteiger charge is 2.27. The third kappa shape index (κ3) is 6.38. The van der Waals surface area contributed by atoms with E-state index >= 15 is 0 Å². The SMILES string of the molecule is CCC(C)SC(F)(F)Cl. The van der Waals surface area contributed by atoms with Crippen molar-refractivity contribution in [1.29, 1.82) is 0 Å². The van der Waals surface area contributed by atoms with Crippen molar-refractivity contribution >= 4 is 23.4 Å². The van der Waals surface area contributed by atoms with Crippen molar-refractivity contribution < 1.29 is 8.78 Å². The summed E-state index contributed by atoms with van der Waals surface area (Å²) in [6.45, 7) is 3.57. The fraction of sp³-hybridized carbons (Fsp3) is 1.00. The fourth-order valence-electron chi connectivity index (χ4n) is 0.311. The minimum absolute atomic E-state index is 0.0718. The summed E-state index contributed by atoms with van der Waals surface area (Å²) in [7, 11) is 0. The van der Waals surface area contributed by atoms with Crippen molar-refractivity contribution in [2.24, 2.45) is 0 Å². The van der Waals surface area contributed by atoms with E-state index < -0.39 is 4.71 Å². The van der Waals surface area contributed by atoms with E-state index in [1.807, 2.05) is 6.92 Å². The van der Waals surface area contributed by atoms with E-state index in [0.717, 1.165) is 0 Å². The monoisotopic (exact) mass is 174 g/mol. The Morgan fingerprint density at radius 3 is 2.22 bits per heavy atom. The molecule has 0 nitrogen and oxygen atoms in total. The normalized spacial score (nSPS) is 15.7. The summed E-state index contributed by atoms with van der Waals surface area (Å²) >= 11 is 5.13. The van der Waals surface area contributed by atoms with E-state index in [1.165, 1.54) is 0 Å². The van der Waals surface area contributed by atoms with Crippen LogP contribution in [0.1, 0.15) is 20.3 Å². The first-order chi connectivity index (χ1) is 3.95. The van der Waals surface area contributed by atoms with Gasteiger partial charge < -0.3 is 0 Å². The lowest BCUT2D eigenvalue weighted by Crippen LogP contribution is -2.05. The van der Waals surface area contributed by atoms with E-state index in [-0.39, 0.29) is 5.25 Å². The first-order valence-electron chi connectivity index (χ1n) is 2.70. The molecule has 0 saturated heterocycles. The topological polar surface area (TPSA) is 0 Å². The molecule has 9 heavy (non-hydrogen) atoms. The van der Waals surface area contributed by atoms with Crippen molar-refractivity contribution in [2.45, 2.75) is 30.2 Å². The molecule has 0 aromatic heterocycles. The minimum atomic E-state index is -3.09. The van der Waals surface area contributed by atoms with E-state index in [0.29, 0.717) is 18.2 Å². The van der Waals surface area contributed by atoms with Gasteiger partial charge in [-0.25, -0.2) is 0 Å². The number of hydrogen-bond donors (Lipinski definition) is 0. The molecule has 1 unspecified atom stereocenters. The molecule has 0 N–H and O–H groups in total. The summed E-state index contributed by atoms with van der Waals surface area (Å²) in [5.74, 6) is 0. The van der Waals surface area contributed by atoms with Gasteiger partial charge in [0.1, 0.15) is 0 Å². The molecular weight excluding hydrogens is 166 g/mol. The molecule has 0 aliphatic rings. The summed E-state index contributed by atoms with van der Waals surface area (Å²) in [6.07, 6.45) is 0.715. The third-order valence-electron chi connectivity index (χ3n) is 0.910. The van der Waals surface area contributed by atoms with Crippen LogP contribution in [0.15, 0.2) is 0 Å². The number of thioether (sulfide) groups is 1. The van der Waals surface area contributed by atoms with E-state index in [9.17, 15) is 8.78 Å². The molecule has 1 atom stereocenters. The van der Waals surface area contributed by atoms with Crippen LogP contribution in [0.3, 0.4) is 0 Å². The zero-order chi connectivity index (χ0) is 7.49. The number of alkyl halides is 3. The second kappa shape index (κ2) is 3.62.